The summed E-state index contributed by atoms with van der Waals surface area (Å²) in [6.45, 7) is 3.27. The Morgan fingerprint density at radius 2 is 1.85 bits per heavy atom. The van der Waals surface area contributed by atoms with E-state index in [9.17, 15) is 9.18 Å². The Hall–Kier alpha value is -1.80. The quantitative estimate of drug-likeness (QED) is 0.819. The van der Waals surface area contributed by atoms with Crippen molar-refractivity contribution in [3.05, 3.63) is 18.1 Å². The zero-order chi connectivity index (χ0) is 17.7. The number of hydrogen-bond donors (Lipinski definition) is 2. The summed E-state index contributed by atoms with van der Waals surface area (Å²) in [6.07, 6.45) is 4.46. The van der Waals surface area contributed by atoms with Gasteiger partial charge in [0.1, 0.15) is 18.4 Å². The molecule has 3 heterocycles. The number of rotatable bonds is 4. The van der Waals surface area contributed by atoms with Gasteiger partial charge in [-0.1, -0.05) is 0 Å². The van der Waals surface area contributed by atoms with Gasteiger partial charge < -0.3 is 10.2 Å². The second-order valence-electron chi connectivity index (χ2n) is 7.94. The molecule has 0 bridgehead atoms. The van der Waals surface area contributed by atoms with E-state index in [1.165, 1.54) is 12.8 Å². The number of anilines is 1. The molecule has 7 nitrogen and oxygen atoms in total. The summed E-state index contributed by atoms with van der Waals surface area (Å²) in [5.41, 5.74) is 1.15. The van der Waals surface area contributed by atoms with E-state index in [2.05, 4.69) is 36.5 Å². The highest BCUT2D eigenvalue weighted by atomic mass is 19.1. The molecule has 1 aromatic heterocycles. The van der Waals surface area contributed by atoms with Crippen molar-refractivity contribution >= 4 is 11.7 Å². The number of alkyl halides is 1. The van der Waals surface area contributed by atoms with Crippen LogP contribution in [0.15, 0.2) is 12.4 Å². The number of amides is 1. The topological polar surface area (TPSA) is 73.4 Å². The van der Waals surface area contributed by atoms with Crippen LogP contribution in [0.5, 0.6) is 0 Å². The van der Waals surface area contributed by atoms with Crippen molar-refractivity contribution < 1.29 is 9.18 Å². The molecule has 0 aromatic carbocycles. The maximum absolute atomic E-state index is 14.1. The maximum atomic E-state index is 14.1. The molecule has 140 valence electrons. The number of carbonyl (C=O) groups excluding carboxylic acids is 1. The van der Waals surface area contributed by atoms with Crippen LogP contribution in [0.3, 0.4) is 0 Å². The van der Waals surface area contributed by atoms with Crippen LogP contribution in [-0.4, -0.2) is 65.5 Å². The first-order valence-corrected chi connectivity index (χ1v) is 9.70. The molecular formula is C18H25FN6O. The summed E-state index contributed by atoms with van der Waals surface area (Å²) in [5, 5.41) is 6.12. The fraction of sp³-hybridized carbons (Fsp3) is 0.722. The van der Waals surface area contributed by atoms with Gasteiger partial charge in [-0.25, -0.2) is 14.4 Å². The second kappa shape index (κ2) is 6.42. The summed E-state index contributed by atoms with van der Waals surface area (Å²) >= 11 is 0. The summed E-state index contributed by atoms with van der Waals surface area (Å²) in [7, 11) is 0. The first kappa shape index (κ1) is 16.4. The molecule has 3 atom stereocenters. The molecule has 4 aliphatic rings. The van der Waals surface area contributed by atoms with Crippen molar-refractivity contribution in [1.82, 2.24) is 25.5 Å². The summed E-state index contributed by atoms with van der Waals surface area (Å²) in [4.78, 5) is 25.3. The van der Waals surface area contributed by atoms with Gasteiger partial charge in [-0.2, -0.15) is 0 Å². The van der Waals surface area contributed by atoms with E-state index in [1.54, 1.807) is 6.33 Å². The van der Waals surface area contributed by atoms with E-state index in [-0.39, 0.29) is 12.3 Å². The van der Waals surface area contributed by atoms with Crippen molar-refractivity contribution in [3.63, 3.8) is 0 Å². The highest BCUT2D eigenvalue weighted by Gasteiger charge is 2.46. The molecule has 3 unspecified atom stereocenters. The predicted molar refractivity (Wildman–Crippen MR) is 94.3 cm³/mol. The highest BCUT2D eigenvalue weighted by molar-refractivity contribution is 5.82. The maximum Gasteiger partial charge on any atom is 0.258 e. The zero-order valence-electron chi connectivity index (χ0n) is 14.8. The largest absolute Gasteiger partial charge is 0.354 e. The van der Waals surface area contributed by atoms with Gasteiger partial charge in [0.05, 0.1) is 6.04 Å². The van der Waals surface area contributed by atoms with Crippen molar-refractivity contribution in [1.29, 1.82) is 0 Å². The van der Waals surface area contributed by atoms with Gasteiger partial charge in [-0.15, -0.1) is 0 Å². The molecule has 5 rings (SSSR count). The normalized spacial score (nSPS) is 33.2. The van der Waals surface area contributed by atoms with Crippen LogP contribution in [0.4, 0.5) is 10.2 Å². The second-order valence-corrected chi connectivity index (χ2v) is 7.94. The van der Waals surface area contributed by atoms with Crippen LogP contribution < -0.4 is 15.5 Å². The molecule has 0 radical (unpaired) electrons. The van der Waals surface area contributed by atoms with Gasteiger partial charge in [0.15, 0.2) is 6.17 Å². The van der Waals surface area contributed by atoms with Gasteiger partial charge >= 0.3 is 0 Å². The zero-order valence-corrected chi connectivity index (χ0v) is 14.8. The Morgan fingerprint density at radius 3 is 2.54 bits per heavy atom. The molecule has 8 heteroatoms. The standard InChI is InChI=1S/C18H25FN6O/c19-15-16(12-3-4-12)22-18(23-17(15)26)25-7-5-24(6-8-25)14-9-13(11-1-2-11)20-10-21-14/h9-12,15-16,18,22H,1-8H2,(H,23,26). The number of nitrogens with zero attached hydrogens (tertiary/aromatic N) is 4. The Kier molecular flexibility index (Phi) is 4.04. The number of hydrogen-bond acceptors (Lipinski definition) is 6. The molecule has 2 saturated heterocycles. The first-order chi connectivity index (χ1) is 12.7. The lowest BCUT2D eigenvalue weighted by Gasteiger charge is -2.44. The summed E-state index contributed by atoms with van der Waals surface area (Å²) in [6, 6.07) is 1.78. The molecular weight excluding hydrogens is 335 g/mol. The van der Waals surface area contributed by atoms with Crippen LogP contribution in [0, 0.1) is 5.92 Å². The highest BCUT2D eigenvalue weighted by Crippen LogP contribution is 2.39. The summed E-state index contributed by atoms with van der Waals surface area (Å²) < 4.78 is 14.1. The fourth-order valence-electron chi connectivity index (χ4n) is 4.06. The lowest BCUT2D eigenvalue weighted by atomic mass is 10.0. The molecule has 1 amide bonds. The third-order valence-corrected chi connectivity index (χ3v) is 6.00. The Balaban J connectivity index is 1.21. The van der Waals surface area contributed by atoms with Crippen molar-refractivity contribution in [3.8, 4) is 0 Å². The predicted octanol–water partition coefficient (Wildman–Crippen LogP) is 0.596. The van der Waals surface area contributed by atoms with Gasteiger partial charge in [-0.3, -0.25) is 15.0 Å². The average molecular weight is 360 g/mol. The average Bonchev–Trinajstić information content (AvgIpc) is 3.57. The van der Waals surface area contributed by atoms with Crippen LogP contribution in [0.2, 0.25) is 0 Å². The minimum atomic E-state index is -1.43. The number of aromatic nitrogens is 2. The van der Waals surface area contributed by atoms with Crippen molar-refractivity contribution in [2.45, 2.75) is 50.1 Å². The number of carbonyl (C=O) groups is 1. The minimum Gasteiger partial charge on any atom is -0.354 e. The molecule has 2 saturated carbocycles. The third-order valence-electron chi connectivity index (χ3n) is 6.00. The SMILES string of the molecule is O=C1NC(N2CCN(c3cc(C4CC4)ncn3)CC2)NC(C2CC2)C1F. The molecule has 0 spiro atoms. The number of nitrogens with one attached hydrogen (secondary N) is 2. The lowest BCUT2D eigenvalue weighted by Crippen LogP contribution is -2.70. The van der Waals surface area contributed by atoms with Gasteiger partial charge in [0, 0.05) is 43.9 Å². The van der Waals surface area contributed by atoms with E-state index in [0.717, 1.165) is 50.5 Å². The van der Waals surface area contributed by atoms with Gasteiger partial charge in [-0.05, 0) is 31.6 Å². The Morgan fingerprint density at radius 1 is 1.08 bits per heavy atom. The fourth-order valence-corrected chi connectivity index (χ4v) is 4.06. The van der Waals surface area contributed by atoms with E-state index >= 15 is 0 Å². The minimum absolute atomic E-state index is 0.269. The Bertz CT molecular complexity index is 686. The first-order valence-electron chi connectivity index (χ1n) is 9.70. The molecule has 26 heavy (non-hydrogen) atoms. The van der Waals surface area contributed by atoms with Crippen molar-refractivity contribution in [2.24, 2.45) is 5.92 Å². The van der Waals surface area contributed by atoms with Crippen LogP contribution >= 0.6 is 0 Å². The smallest absolute Gasteiger partial charge is 0.258 e. The Labute approximate surface area is 152 Å². The molecule has 4 fully saturated rings. The lowest BCUT2D eigenvalue weighted by molar-refractivity contribution is -0.134. The molecule has 2 aliphatic carbocycles. The van der Waals surface area contributed by atoms with Crippen LogP contribution in [0.1, 0.15) is 37.3 Å². The van der Waals surface area contributed by atoms with Crippen LogP contribution in [0.25, 0.3) is 0 Å². The van der Waals surface area contributed by atoms with E-state index in [1.807, 2.05) is 0 Å². The van der Waals surface area contributed by atoms with E-state index < -0.39 is 12.1 Å². The van der Waals surface area contributed by atoms with Gasteiger partial charge in [0.25, 0.3) is 5.91 Å². The molecule has 1 aromatic rings. The number of halogens is 1. The number of piperazine rings is 1. The summed E-state index contributed by atoms with van der Waals surface area (Å²) in [5.74, 6) is 1.44. The van der Waals surface area contributed by atoms with Gasteiger partial charge in [0.2, 0.25) is 0 Å². The third kappa shape index (κ3) is 3.16. The van der Waals surface area contributed by atoms with E-state index in [0.29, 0.717) is 11.8 Å². The van der Waals surface area contributed by atoms with Crippen molar-refractivity contribution in [2.75, 3.05) is 31.1 Å². The monoisotopic (exact) mass is 360 g/mol. The van der Waals surface area contributed by atoms with Crippen LogP contribution in [-0.2, 0) is 4.79 Å². The molecule has 2 N–H and O–H groups in total. The van der Waals surface area contributed by atoms with E-state index in [4.69, 9.17) is 0 Å². The molecule has 2 aliphatic heterocycles.